The zero-order valence-electron chi connectivity index (χ0n) is 7.33. The van der Waals surface area contributed by atoms with Crippen LogP contribution in [0, 0.1) is 0 Å². The van der Waals surface area contributed by atoms with Crippen LogP contribution in [0.5, 0.6) is 0 Å². The van der Waals surface area contributed by atoms with Gasteiger partial charge in [0.15, 0.2) is 0 Å². The molecule has 0 aromatic rings. The predicted octanol–water partition coefficient (Wildman–Crippen LogP) is 1.27. The Morgan fingerprint density at radius 3 is 2.27 bits per heavy atom. The first-order valence-electron chi connectivity index (χ1n) is 3.36. The zero-order valence-corrected chi connectivity index (χ0v) is 8.08. The molecule has 0 radical (unpaired) electrons. The molecule has 64 valence electrons. The quantitative estimate of drug-likeness (QED) is 0.385. The third kappa shape index (κ3) is 3.39. The van der Waals surface area contributed by atoms with E-state index in [0.717, 1.165) is 11.3 Å². The van der Waals surface area contributed by atoms with Crippen molar-refractivity contribution in [2.75, 3.05) is 14.1 Å². The molecule has 0 bridgehead atoms. The molecule has 0 saturated heterocycles. The van der Waals surface area contributed by atoms with E-state index in [2.05, 4.69) is 15.8 Å². The SMILES string of the molecule is CN=C(C)/C(C)=C(/Cl)NNC. The summed E-state index contributed by atoms with van der Waals surface area (Å²) in [5.41, 5.74) is 7.38. The minimum Gasteiger partial charge on any atom is -0.312 e. The van der Waals surface area contributed by atoms with Gasteiger partial charge in [0.2, 0.25) is 0 Å². The van der Waals surface area contributed by atoms with Crippen LogP contribution < -0.4 is 10.9 Å². The fraction of sp³-hybridized carbons (Fsp3) is 0.571. The number of hydrazine groups is 1. The lowest BCUT2D eigenvalue weighted by atomic mass is 10.2. The second kappa shape index (κ2) is 5.16. The lowest BCUT2D eigenvalue weighted by Crippen LogP contribution is -2.25. The summed E-state index contributed by atoms with van der Waals surface area (Å²) in [7, 11) is 3.50. The van der Waals surface area contributed by atoms with Crippen LogP contribution >= 0.6 is 11.6 Å². The zero-order chi connectivity index (χ0) is 8.85. The lowest BCUT2D eigenvalue weighted by molar-refractivity contribution is 0.715. The molecule has 0 saturated carbocycles. The molecule has 0 atom stereocenters. The van der Waals surface area contributed by atoms with Crippen molar-refractivity contribution >= 4 is 17.3 Å². The Morgan fingerprint density at radius 2 is 1.91 bits per heavy atom. The molecule has 0 spiro atoms. The van der Waals surface area contributed by atoms with Crippen LogP contribution in [0.2, 0.25) is 0 Å². The highest BCUT2D eigenvalue weighted by Crippen LogP contribution is 2.06. The minimum absolute atomic E-state index is 0.579. The van der Waals surface area contributed by atoms with Gasteiger partial charge in [-0.25, -0.2) is 5.43 Å². The van der Waals surface area contributed by atoms with Crippen molar-refractivity contribution in [1.82, 2.24) is 10.9 Å². The summed E-state index contributed by atoms with van der Waals surface area (Å²) >= 11 is 5.83. The molecule has 0 aliphatic heterocycles. The number of allylic oxidation sites excluding steroid dienone is 1. The van der Waals surface area contributed by atoms with Crippen LogP contribution in [0.15, 0.2) is 15.7 Å². The van der Waals surface area contributed by atoms with Crippen LogP contribution in [-0.2, 0) is 0 Å². The molecule has 0 amide bonds. The smallest absolute Gasteiger partial charge is 0.121 e. The summed E-state index contributed by atoms with van der Waals surface area (Å²) in [5.74, 6) is 0. The Kier molecular flexibility index (Phi) is 4.90. The second-order valence-corrected chi connectivity index (χ2v) is 2.50. The number of aliphatic imine (C=N–C) groups is 1. The Labute approximate surface area is 72.5 Å². The number of nitrogens with one attached hydrogen (secondary N) is 2. The largest absolute Gasteiger partial charge is 0.312 e. The molecule has 0 aliphatic rings. The van der Waals surface area contributed by atoms with Crippen molar-refractivity contribution in [1.29, 1.82) is 0 Å². The van der Waals surface area contributed by atoms with Crippen molar-refractivity contribution in [3.63, 3.8) is 0 Å². The monoisotopic (exact) mass is 175 g/mol. The first-order chi connectivity index (χ1) is 5.13. The topological polar surface area (TPSA) is 36.4 Å². The fourth-order valence-corrected chi connectivity index (χ4v) is 0.761. The first-order valence-corrected chi connectivity index (χ1v) is 3.74. The van der Waals surface area contributed by atoms with Crippen molar-refractivity contribution in [3.8, 4) is 0 Å². The van der Waals surface area contributed by atoms with E-state index < -0.39 is 0 Å². The number of hydrogen-bond donors (Lipinski definition) is 2. The fourth-order valence-electron chi connectivity index (χ4n) is 0.530. The maximum atomic E-state index is 5.83. The van der Waals surface area contributed by atoms with Gasteiger partial charge >= 0.3 is 0 Å². The summed E-state index contributed by atoms with van der Waals surface area (Å²) in [6, 6.07) is 0. The summed E-state index contributed by atoms with van der Waals surface area (Å²) < 4.78 is 0. The van der Waals surface area contributed by atoms with E-state index in [0.29, 0.717) is 5.16 Å². The molecule has 0 fully saturated rings. The van der Waals surface area contributed by atoms with Crippen molar-refractivity contribution in [2.45, 2.75) is 13.8 Å². The van der Waals surface area contributed by atoms with E-state index in [1.807, 2.05) is 13.8 Å². The van der Waals surface area contributed by atoms with Gasteiger partial charge in [0.05, 0.1) is 0 Å². The molecule has 0 unspecified atom stereocenters. The third-order valence-corrected chi connectivity index (χ3v) is 1.82. The van der Waals surface area contributed by atoms with Gasteiger partial charge in [-0.2, -0.15) is 0 Å². The Balaban J connectivity index is 4.39. The highest BCUT2D eigenvalue weighted by Gasteiger charge is 1.99. The van der Waals surface area contributed by atoms with Crippen LogP contribution in [-0.4, -0.2) is 19.8 Å². The molecule has 0 aromatic heterocycles. The number of nitrogens with zero attached hydrogens (tertiary/aromatic N) is 1. The molecule has 11 heavy (non-hydrogen) atoms. The predicted molar refractivity (Wildman–Crippen MR) is 49.8 cm³/mol. The average molecular weight is 176 g/mol. The van der Waals surface area contributed by atoms with E-state index in [9.17, 15) is 0 Å². The molecule has 4 heteroatoms. The average Bonchev–Trinajstić information content (AvgIpc) is 2.02. The van der Waals surface area contributed by atoms with E-state index in [1.54, 1.807) is 14.1 Å². The Bertz CT molecular complexity index is 184. The number of hydrogen-bond acceptors (Lipinski definition) is 3. The van der Waals surface area contributed by atoms with Crippen molar-refractivity contribution in [2.24, 2.45) is 4.99 Å². The Hall–Kier alpha value is -0.540. The standard InChI is InChI=1S/C7H14ClN3/c1-5(6(2)9-3)7(8)11-10-4/h10-11H,1-4H3/b7-5-,9-6?. The highest BCUT2D eigenvalue weighted by atomic mass is 35.5. The molecule has 0 heterocycles. The van der Waals surface area contributed by atoms with E-state index in [-0.39, 0.29) is 0 Å². The molecular weight excluding hydrogens is 162 g/mol. The third-order valence-electron chi connectivity index (χ3n) is 1.44. The van der Waals surface area contributed by atoms with Gasteiger partial charge in [0, 0.05) is 25.4 Å². The van der Waals surface area contributed by atoms with Crippen molar-refractivity contribution < 1.29 is 0 Å². The minimum atomic E-state index is 0.579. The maximum Gasteiger partial charge on any atom is 0.121 e. The van der Waals surface area contributed by atoms with Crippen molar-refractivity contribution in [3.05, 3.63) is 10.7 Å². The molecule has 0 rings (SSSR count). The molecule has 0 aliphatic carbocycles. The molecule has 2 N–H and O–H groups in total. The summed E-state index contributed by atoms with van der Waals surface area (Å²) in [4.78, 5) is 4.00. The normalized spacial score (nSPS) is 14.5. The summed E-state index contributed by atoms with van der Waals surface area (Å²) in [6.45, 7) is 3.82. The van der Waals surface area contributed by atoms with Gasteiger partial charge in [0.1, 0.15) is 5.16 Å². The Morgan fingerprint density at radius 1 is 1.36 bits per heavy atom. The van der Waals surface area contributed by atoms with Gasteiger partial charge in [-0.15, -0.1) is 0 Å². The van der Waals surface area contributed by atoms with E-state index in [1.165, 1.54) is 0 Å². The van der Waals surface area contributed by atoms with Crippen LogP contribution in [0.25, 0.3) is 0 Å². The number of halogens is 1. The van der Waals surface area contributed by atoms with Gasteiger partial charge in [0.25, 0.3) is 0 Å². The first kappa shape index (κ1) is 10.5. The highest BCUT2D eigenvalue weighted by molar-refractivity contribution is 6.31. The summed E-state index contributed by atoms with van der Waals surface area (Å²) in [5, 5.41) is 0.579. The van der Waals surface area contributed by atoms with E-state index in [4.69, 9.17) is 11.6 Å². The second-order valence-electron chi connectivity index (χ2n) is 2.12. The number of rotatable bonds is 3. The molecule has 0 aromatic carbocycles. The maximum absolute atomic E-state index is 5.83. The molecule has 3 nitrogen and oxygen atoms in total. The van der Waals surface area contributed by atoms with Gasteiger partial charge in [-0.1, -0.05) is 11.6 Å². The van der Waals surface area contributed by atoms with Gasteiger partial charge < -0.3 is 5.43 Å². The van der Waals surface area contributed by atoms with Crippen LogP contribution in [0.4, 0.5) is 0 Å². The molecular formula is C7H14ClN3. The van der Waals surface area contributed by atoms with Gasteiger partial charge in [-0.05, 0) is 13.8 Å². The van der Waals surface area contributed by atoms with Crippen LogP contribution in [0.3, 0.4) is 0 Å². The van der Waals surface area contributed by atoms with E-state index >= 15 is 0 Å². The van der Waals surface area contributed by atoms with Gasteiger partial charge in [-0.3, -0.25) is 4.99 Å². The lowest BCUT2D eigenvalue weighted by Gasteiger charge is -2.06. The van der Waals surface area contributed by atoms with Crippen LogP contribution in [0.1, 0.15) is 13.8 Å². The summed E-state index contributed by atoms with van der Waals surface area (Å²) in [6.07, 6.45) is 0.